The Hall–Kier alpha value is -2.84. The number of aryl methyl sites for hydroxylation is 1. The van der Waals surface area contributed by atoms with Crippen molar-refractivity contribution >= 4 is 29.3 Å². The molecule has 0 heterocycles. The minimum absolute atomic E-state index is 0.0120. The maximum absolute atomic E-state index is 13.8. The standard InChI is InChI=1S/C18H14ClFN2O2/c1-11-6-7-17(24-2)16(8-11)22-18(23)12(10-21)9-13-14(19)4-3-5-15(13)20/h3-9H,1-2H3,(H,22,23)/b12-9+. The fourth-order valence-corrected chi connectivity index (χ4v) is 2.27. The zero-order chi connectivity index (χ0) is 17.7. The van der Waals surface area contributed by atoms with E-state index < -0.39 is 11.7 Å². The Balaban J connectivity index is 2.36. The first-order valence-electron chi connectivity index (χ1n) is 6.98. The number of methoxy groups -OCH3 is 1. The van der Waals surface area contributed by atoms with Crippen LogP contribution in [0.5, 0.6) is 5.75 Å². The maximum atomic E-state index is 13.8. The number of carbonyl (C=O) groups excluding carboxylic acids is 1. The van der Waals surface area contributed by atoms with E-state index in [1.165, 1.54) is 25.3 Å². The Bertz CT molecular complexity index is 836. The van der Waals surface area contributed by atoms with Gasteiger partial charge < -0.3 is 10.1 Å². The van der Waals surface area contributed by atoms with E-state index in [2.05, 4.69) is 5.32 Å². The average Bonchev–Trinajstić information content (AvgIpc) is 2.55. The van der Waals surface area contributed by atoms with E-state index in [0.29, 0.717) is 11.4 Å². The minimum atomic E-state index is -0.680. The van der Waals surface area contributed by atoms with E-state index >= 15 is 0 Å². The summed E-state index contributed by atoms with van der Waals surface area (Å²) in [6.45, 7) is 1.86. The van der Waals surface area contributed by atoms with Gasteiger partial charge in [-0.3, -0.25) is 4.79 Å². The van der Waals surface area contributed by atoms with E-state index in [4.69, 9.17) is 16.3 Å². The monoisotopic (exact) mass is 344 g/mol. The molecule has 0 atom stereocenters. The number of nitrogens with zero attached hydrogens (tertiary/aromatic N) is 1. The number of nitriles is 1. The van der Waals surface area contributed by atoms with Gasteiger partial charge in [0.15, 0.2) is 0 Å². The molecule has 0 aliphatic heterocycles. The molecule has 0 aliphatic rings. The molecule has 2 aromatic carbocycles. The zero-order valence-electron chi connectivity index (χ0n) is 13.1. The van der Waals surface area contributed by atoms with Crippen molar-refractivity contribution in [1.29, 1.82) is 5.26 Å². The number of carbonyl (C=O) groups is 1. The predicted molar refractivity (Wildman–Crippen MR) is 91.4 cm³/mol. The molecule has 0 saturated heterocycles. The third-order valence-corrected chi connectivity index (χ3v) is 3.59. The predicted octanol–water partition coefficient (Wildman–Crippen LogP) is 4.34. The number of hydrogen-bond donors (Lipinski definition) is 1. The highest BCUT2D eigenvalue weighted by atomic mass is 35.5. The fraction of sp³-hybridized carbons (Fsp3) is 0.111. The van der Waals surface area contributed by atoms with Crippen LogP contribution in [0, 0.1) is 24.1 Å². The quantitative estimate of drug-likeness (QED) is 0.662. The van der Waals surface area contributed by atoms with Crippen molar-refractivity contribution in [2.75, 3.05) is 12.4 Å². The molecule has 24 heavy (non-hydrogen) atoms. The summed E-state index contributed by atoms with van der Waals surface area (Å²) < 4.78 is 19.0. The molecule has 0 aliphatic carbocycles. The highest BCUT2D eigenvalue weighted by Crippen LogP contribution is 2.26. The van der Waals surface area contributed by atoms with E-state index in [9.17, 15) is 14.4 Å². The van der Waals surface area contributed by atoms with Gasteiger partial charge in [0.1, 0.15) is 23.2 Å². The number of amides is 1. The van der Waals surface area contributed by atoms with E-state index in [0.717, 1.165) is 11.6 Å². The van der Waals surface area contributed by atoms with E-state index in [1.807, 2.05) is 13.0 Å². The van der Waals surface area contributed by atoms with Crippen LogP contribution in [0.2, 0.25) is 5.02 Å². The van der Waals surface area contributed by atoms with Crippen molar-refractivity contribution in [3.8, 4) is 11.8 Å². The van der Waals surface area contributed by atoms with E-state index in [-0.39, 0.29) is 16.2 Å². The van der Waals surface area contributed by atoms with Crippen molar-refractivity contribution in [1.82, 2.24) is 0 Å². The van der Waals surface area contributed by atoms with Crippen LogP contribution < -0.4 is 10.1 Å². The SMILES string of the molecule is COc1ccc(C)cc1NC(=O)/C(C#N)=C/c1c(F)cccc1Cl. The molecular weight excluding hydrogens is 331 g/mol. The number of anilines is 1. The Labute approximate surface area is 144 Å². The average molecular weight is 345 g/mol. The van der Waals surface area contributed by atoms with Gasteiger partial charge in [0.25, 0.3) is 5.91 Å². The second-order valence-electron chi connectivity index (χ2n) is 4.96. The first-order valence-corrected chi connectivity index (χ1v) is 7.36. The first kappa shape index (κ1) is 17.5. The molecule has 6 heteroatoms. The topological polar surface area (TPSA) is 62.1 Å². The number of halogens is 2. The van der Waals surface area contributed by atoms with Gasteiger partial charge in [-0.25, -0.2) is 4.39 Å². The van der Waals surface area contributed by atoms with Gasteiger partial charge in [-0.15, -0.1) is 0 Å². The molecule has 0 unspecified atom stereocenters. The molecule has 0 fully saturated rings. The number of benzene rings is 2. The summed E-state index contributed by atoms with van der Waals surface area (Å²) in [5.41, 5.74) is 1.04. The van der Waals surface area contributed by atoms with Crippen molar-refractivity contribution < 1.29 is 13.9 Å². The van der Waals surface area contributed by atoms with Crippen LogP contribution in [0.4, 0.5) is 10.1 Å². The molecular formula is C18H14ClFN2O2. The molecule has 0 radical (unpaired) electrons. The Morgan fingerprint density at radius 3 is 2.75 bits per heavy atom. The van der Waals surface area contributed by atoms with Crippen LogP contribution in [-0.4, -0.2) is 13.0 Å². The lowest BCUT2D eigenvalue weighted by Crippen LogP contribution is -2.14. The minimum Gasteiger partial charge on any atom is -0.495 e. The second-order valence-corrected chi connectivity index (χ2v) is 5.37. The fourth-order valence-electron chi connectivity index (χ4n) is 2.05. The Kier molecular flexibility index (Phi) is 5.56. The lowest BCUT2D eigenvalue weighted by molar-refractivity contribution is -0.112. The normalized spacial score (nSPS) is 10.9. The lowest BCUT2D eigenvalue weighted by Gasteiger charge is -2.10. The van der Waals surface area contributed by atoms with Crippen LogP contribution in [-0.2, 0) is 4.79 Å². The molecule has 0 saturated carbocycles. The Morgan fingerprint density at radius 2 is 2.12 bits per heavy atom. The summed E-state index contributed by atoms with van der Waals surface area (Å²) in [4.78, 5) is 12.3. The summed E-state index contributed by atoms with van der Waals surface area (Å²) in [5, 5.41) is 11.9. The van der Waals surface area contributed by atoms with Crippen molar-refractivity contribution in [3.05, 3.63) is 63.9 Å². The summed E-state index contributed by atoms with van der Waals surface area (Å²) in [6.07, 6.45) is 1.12. The molecule has 122 valence electrons. The molecule has 0 bridgehead atoms. The molecule has 2 rings (SSSR count). The molecule has 2 aromatic rings. The molecule has 4 nitrogen and oxygen atoms in total. The number of ether oxygens (including phenoxy) is 1. The van der Waals surface area contributed by atoms with Crippen LogP contribution in [0.3, 0.4) is 0 Å². The molecule has 0 spiro atoms. The van der Waals surface area contributed by atoms with Gasteiger partial charge in [0.2, 0.25) is 0 Å². The third-order valence-electron chi connectivity index (χ3n) is 3.26. The number of hydrogen-bond acceptors (Lipinski definition) is 3. The molecule has 1 N–H and O–H groups in total. The Morgan fingerprint density at radius 1 is 1.38 bits per heavy atom. The smallest absolute Gasteiger partial charge is 0.266 e. The summed E-state index contributed by atoms with van der Waals surface area (Å²) >= 11 is 5.92. The van der Waals surface area contributed by atoms with Gasteiger partial charge in [-0.1, -0.05) is 23.7 Å². The zero-order valence-corrected chi connectivity index (χ0v) is 13.8. The largest absolute Gasteiger partial charge is 0.495 e. The van der Waals surface area contributed by atoms with Crippen molar-refractivity contribution in [2.45, 2.75) is 6.92 Å². The van der Waals surface area contributed by atoms with Crippen molar-refractivity contribution in [3.63, 3.8) is 0 Å². The van der Waals surface area contributed by atoms with E-state index in [1.54, 1.807) is 18.2 Å². The van der Waals surface area contributed by atoms with Crippen LogP contribution in [0.25, 0.3) is 6.08 Å². The summed E-state index contributed by atoms with van der Waals surface area (Å²) in [6, 6.07) is 11.1. The summed E-state index contributed by atoms with van der Waals surface area (Å²) in [5.74, 6) is -0.841. The van der Waals surface area contributed by atoms with Gasteiger partial charge in [0, 0.05) is 5.56 Å². The van der Waals surface area contributed by atoms with Gasteiger partial charge in [-0.05, 0) is 42.8 Å². The third kappa shape index (κ3) is 3.92. The van der Waals surface area contributed by atoms with Crippen LogP contribution in [0.1, 0.15) is 11.1 Å². The van der Waals surface area contributed by atoms with Gasteiger partial charge >= 0.3 is 0 Å². The van der Waals surface area contributed by atoms with Crippen LogP contribution in [0.15, 0.2) is 42.0 Å². The first-order chi connectivity index (χ1) is 11.5. The molecule has 1 amide bonds. The highest BCUT2D eigenvalue weighted by Gasteiger charge is 2.14. The maximum Gasteiger partial charge on any atom is 0.266 e. The lowest BCUT2D eigenvalue weighted by atomic mass is 10.1. The highest BCUT2D eigenvalue weighted by molar-refractivity contribution is 6.32. The van der Waals surface area contributed by atoms with Gasteiger partial charge in [0.05, 0.1) is 17.8 Å². The molecule has 0 aromatic heterocycles. The second kappa shape index (κ2) is 7.62. The number of nitrogens with one attached hydrogen (secondary N) is 1. The van der Waals surface area contributed by atoms with Crippen LogP contribution >= 0.6 is 11.6 Å². The van der Waals surface area contributed by atoms with Crippen molar-refractivity contribution in [2.24, 2.45) is 0 Å². The number of rotatable bonds is 4. The summed E-state index contributed by atoms with van der Waals surface area (Å²) in [7, 11) is 1.47. The van der Waals surface area contributed by atoms with Gasteiger partial charge in [-0.2, -0.15) is 5.26 Å².